The van der Waals surface area contributed by atoms with Gasteiger partial charge in [0.2, 0.25) is 5.89 Å². The minimum absolute atomic E-state index is 0.0520. The van der Waals surface area contributed by atoms with E-state index in [-0.39, 0.29) is 11.8 Å². The summed E-state index contributed by atoms with van der Waals surface area (Å²) in [7, 11) is 0. The van der Waals surface area contributed by atoms with Crippen LogP contribution < -0.4 is 0 Å². The highest BCUT2D eigenvalue weighted by atomic mass is 16.5. The second kappa shape index (κ2) is 9.69. The first-order valence-electron chi connectivity index (χ1n) is 12.4. The third-order valence-electron chi connectivity index (χ3n) is 6.98. The molecule has 3 aromatic rings. The van der Waals surface area contributed by atoms with Crippen molar-refractivity contribution in [3.8, 4) is 11.3 Å². The topological polar surface area (TPSA) is 115 Å². The van der Waals surface area contributed by atoms with Crippen LogP contribution in [0, 0.1) is 13.8 Å². The minimum Gasteiger partial charge on any atom is -0.381 e. The van der Waals surface area contributed by atoms with Crippen LogP contribution in [0.4, 0.5) is 0 Å². The van der Waals surface area contributed by atoms with Gasteiger partial charge in [-0.3, -0.25) is 14.6 Å². The molecule has 2 aliphatic rings. The van der Waals surface area contributed by atoms with Crippen LogP contribution >= 0.6 is 0 Å². The predicted octanol–water partition coefficient (Wildman–Crippen LogP) is 3.60. The summed E-state index contributed by atoms with van der Waals surface area (Å²) in [5.41, 5.74) is 4.23. The molecule has 182 valence electrons. The summed E-state index contributed by atoms with van der Waals surface area (Å²) >= 11 is 0. The number of aromatic amines is 1. The molecular weight excluding hydrogens is 434 g/mol. The summed E-state index contributed by atoms with van der Waals surface area (Å²) in [4.78, 5) is 19.9. The summed E-state index contributed by atoms with van der Waals surface area (Å²) in [6, 6.07) is 1.84. The second-order valence-corrected chi connectivity index (χ2v) is 9.40. The van der Waals surface area contributed by atoms with Gasteiger partial charge in [0.05, 0.1) is 17.3 Å². The molecular formula is C24H33N7O3. The standard InChI is InChI=1S/C24H33N7O3/c1-4-9-31-16(3)21(15(2)28-31)19-13-20(27-26-19)24(32)30-10-5-6-18(14-30)23-25-22(29-34-23)17-7-11-33-12-8-17/h13,17-18H,4-12,14H2,1-3H3,(H,26,27). The van der Waals surface area contributed by atoms with Crippen LogP contribution in [0.3, 0.4) is 0 Å². The SMILES string of the molecule is CCCn1nc(C)c(-c2cc(C(=O)N3CCCC(c4nc(C5CCOCC5)no4)C3)[nH]n2)c1C. The van der Waals surface area contributed by atoms with Crippen molar-refractivity contribution < 1.29 is 14.1 Å². The van der Waals surface area contributed by atoms with E-state index in [2.05, 4.69) is 34.3 Å². The van der Waals surface area contributed by atoms with Crippen molar-refractivity contribution in [1.82, 2.24) is 35.0 Å². The Morgan fingerprint density at radius 1 is 1.21 bits per heavy atom. The molecule has 0 aliphatic carbocycles. The molecule has 1 atom stereocenters. The van der Waals surface area contributed by atoms with Gasteiger partial charge in [-0.1, -0.05) is 12.1 Å². The molecule has 10 heteroatoms. The Labute approximate surface area is 199 Å². The molecule has 34 heavy (non-hydrogen) atoms. The van der Waals surface area contributed by atoms with Gasteiger partial charge in [-0.25, -0.2) is 0 Å². The van der Waals surface area contributed by atoms with Crippen molar-refractivity contribution in [1.29, 1.82) is 0 Å². The molecule has 1 unspecified atom stereocenters. The smallest absolute Gasteiger partial charge is 0.271 e. The van der Waals surface area contributed by atoms with E-state index in [1.54, 1.807) is 0 Å². The fourth-order valence-corrected chi connectivity index (χ4v) is 5.12. The van der Waals surface area contributed by atoms with Gasteiger partial charge in [0, 0.05) is 50.0 Å². The van der Waals surface area contributed by atoms with Crippen molar-refractivity contribution in [3.63, 3.8) is 0 Å². The van der Waals surface area contributed by atoms with E-state index < -0.39 is 0 Å². The molecule has 1 N–H and O–H groups in total. The van der Waals surface area contributed by atoms with E-state index >= 15 is 0 Å². The third kappa shape index (κ3) is 4.38. The fourth-order valence-electron chi connectivity index (χ4n) is 5.12. The Balaban J connectivity index is 1.29. The van der Waals surface area contributed by atoms with Gasteiger partial charge >= 0.3 is 0 Å². The Hall–Kier alpha value is -3.01. The highest BCUT2D eigenvalue weighted by molar-refractivity contribution is 5.93. The molecule has 0 bridgehead atoms. The number of carbonyl (C=O) groups is 1. The van der Waals surface area contributed by atoms with Gasteiger partial charge in [-0.2, -0.15) is 15.2 Å². The fraction of sp³-hybridized carbons (Fsp3) is 0.625. The van der Waals surface area contributed by atoms with Crippen LogP contribution in [0.15, 0.2) is 10.6 Å². The number of hydrogen-bond acceptors (Lipinski definition) is 7. The zero-order valence-corrected chi connectivity index (χ0v) is 20.2. The number of piperidine rings is 1. The van der Waals surface area contributed by atoms with E-state index in [4.69, 9.17) is 14.2 Å². The first kappa shape index (κ1) is 22.8. The molecule has 0 spiro atoms. The maximum atomic E-state index is 13.3. The highest BCUT2D eigenvalue weighted by Crippen LogP contribution is 2.31. The van der Waals surface area contributed by atoms with E-state index in [0.29, 0.717) is 30.6 Å². The summed E-state index contributed by atoms with van der Waals surface area (Å²) in [5.74, 6) is 1.71. The molecule has 5 heterocycles. The van der Waals surface area contributed by atoms with Crippen molar-refractivity contribution >= 4 is 5.91 Å². The monoisotopic (exact) mass is 467 g/mol. The molecule has 0 radical (unpaired) electrons. The van der Waals surface area contributed by atoms with Crippen LogP contribution in [0.2, 0.25) is 0 Å². The normalized spacial score (nSPS) is 19.6. The number of nitrogens with one attached hydrogen (secondary N) is 1. The molecule has 2 fully saturated rings. The summed E-state index contributed by atoms with van der Waals surface area (Å²) in [6.45, 7) is 9.79. The molecule has 5 rings (SSSR count). The van der Waals surface area contributed by atoms with Gasteiger partial charge in [0.25, 0.3) is 5.91 Å². The molecule has 2 saturated heterocycles. The summed E-state index contributed by atoms with van der Waals surface area (Å²) in [5, 5.41) is 16.3. The lowest BCUT2D eigenvalue weighted by Gasteiger charge is -2.30. The van der Waals surface area contributed by atoms with Gasteiger partial charge < -0.3 is 14.2 Å². The van der Waals surface area contributed by atoms with Crippen molar-refractivity contribution in [2.24, 2.45) is 0 Å². The summed E-state index contributed by atoms with van der Waals surface area (Å²) < 4.78 is 13.1. The summed E-state index contributed by atoms with van der Waals surface area (Å²) in [6.07, 6.45) is 4.69. The maximum Gasteiger partial charge on any atom is 0.271 e. The van der Waals surface area contributed by atoms with Gasteiger partial charge in [0.15, 0.2) is 5.82 Å². The Bertz CT molecular complexity index is 1140. The minimum atomic E-state index is -0.0520. The van der Waals surface area contributed by atoms with Crippen LogP contribution in [0.5, 0.6) is 0 Å². The quantitative estimate of drug-likeness (QED) is 0.589. The van der Waals surface area contributed by atoms with E-state index in [1.807, 2.05) is 22.6 Å². The van der Waals surface area contributed by atoms with Crippen LogP contribution in [-0.2, 0) is 11.3 Å². The molecule has 3 aromatic heterocycles. The van der Waals surface area contributed by atoms with E-state index in [0.717, 1.165) is 80.3 Å². The number of aryl methyl sites for hydroxylation is 2. The van der Waals surface area contributed by atoms with Crippen LogP contribution in [-0.4, -0.2) is 67.2 Å². The Morgan fingerprint density at radius 3 is 2.82 bits per heavy atom. The van der Waals surface area contributed by atoms with Gasteiger partial charge in [-0.05, 0) is 52.0 Å². The van der Waals surface area contributed by atoms with E-state index in [9.17, 15) is 4.79 Å². The van der Waals surface area contributed by atoms with Crippen LogP contribution in [0.25, 0.3) is 11.3 Å². The number of ether oxygens (including phenoxy) is 1. The number of aromatic nitrogens is 6. The predicted molar refractivity (Wildman–Crippen MR) is 125 cm³/mol. The number of nitrogens with zero attached hydrogens (tertiary/aromatic N) is 6. The van der Waals surface area contributed by atoms with Crippen molar-refractivity contribution in [2.45, 2.75) is 71.3 Å². The number of H-pyrrole nitrogens is 1. The number of carbonyl (C=O) groups excluding carboxylic acids is 1. The molecule has 10 nitrogen and oxygen atoms in total. The zero-order valence-electron chi connectivity index (χ0n) is 20.2. The van der Waals surface area contributed by atoms with Crippen molar-refractivity contribution in [3.05, 3.63) is 34.9 Å². The first-order chi connectivity index (χ1) is 16.5. The average Bonchev–Trinajstić information content (AvgIpc) is 3.60. The Kier molecular flexibility index (Phi) is 6.49. The lowest BCUT2D eigenvalue weighted by atomic mass is 9.97. The number of hydrogen-bond donors (Lipinski definition) is 1. The van der Waals surface area contributed by atoms with Crippen LogP contribution in [0.1, 0.15) is 84.5 Å². The number of likely N-dealkylation sites (tertiary alicyclic amines) is 1. The Morgan fingerprint density at radius 2 is 2.03 bits per heavy atom. The second-order valence-electron chi connectivity index (χ2n) is 9.40. The highest BCUT2D eigenvalue weighted by Gasteiger charge is 2.31. The number of rotatable bonds is 6. The van der Waals surface area contributed by atoms with Gasteiger partial charge in [-0.15, -0.1) is 0 Å². The zero-order chi connectivity index (χ0) is 23.7. The lowest BCUT2D eigenvalue weighted by Crippen LogP contribution is -2.39. The lowest BCUT2D eigenvalue weighted by molar-refractivity contribution is 0.0689. The van der Waals surface area contributed by atoms with E-state index in [1.165, 1.54) is 0 Å². The van der Waals surface area contributed by atoms with Crippen molar-refractivity contribution in [2.75, 3.05) is 26.3 Å². The maximum absolute atomic E-state index is 13.3. The van der Waals surface area contributed by atoms with Gasteiger partial charge in [0.1, 0.15) is 5.69 Å². The molecule has 0 saturated carbocycles. The average molecular weight is 468 g/mol. The molecule has 0 aromatic carbocycles. The number of amides is 1. The molecule has 2 aliphatic heterocycles. The largest absolute Gasteiger partial charge is 0.381 e. The third-order valence-corrected chi connectivity index (χ3v) is 6.98. The molecule has 1 amide bonds. The first-order valence-corrected chi connectivity index (χ1v) is 12.4.